The zero-order valence-corrected chi connectivity index (χ0v) is 73.2. The van der Waals surface area contributed by atoms with Gasteiger partial charge >= 0.3 is 11.9 Å². The number of nitrogens with one attached hydrogen (secondary N) is 9. The number of unbranched alkanes of at least 4 members (excludes halogenated alkanes) is 10. The quantitative estimate of drug-likeness (QED) is 0.0214. The molecule has 2 heterocycles. The van der Waals surface area contributed by atoms with Crippen LogP contribution in [-0.4, -0.2) is 325 Å². The van der Waals surface area contributed by atoms with Crippen LogP contribution < -0.4 is 82.3 Å². The molecule has 0 aromatic heterocycles. The fourth-order valence-corrected chi connectivity index (χ4v) is 14.7. The summed E-state index contributed by atoms with van der Waals surface area (Å²) in [4.78, 5) is 213. The predicted octanol–water partition coefficient (Wildman–Crippen LogP) is -5.34. The molecule has 0 spiro atoms. The molecular weight excluding hydrogens is 1620 g/mol. The topological polar surface area (TPSA) is 684 Å². The molecule has 2 aliphatic rings. The number of hydrogen-bond acceptors (Lipinski definition) is 28. The van der Waals surface area contributed by atoms with E-state index >= 15 is 0 Å². The van der Waals surface area contributed by atoms with Crippen molar-refractivity contribution in [2.24, 2.45) is 40.3 Å². The Kier molecular flexibility index (Phi) is 50.3. The molecule has 2 aliphatic heterocycles. The van der Waals surface area contributed by atoms with Crippen LogP contribution in [0.15, 0.2) is 24.3 Å². The van der Waals surface area contributed by atoms with Crippen LogP contribution in [0, 0.1) is 5.92 Å². The van der Waals surface area contributed by atoms with Crippen LogP contribution in [-0.2, 0) is 83.1 Å². The van der Waals surface area contributed by atoms with Gasteiger partial charge in [0, 0.05) is 65.3 Å². The van der Waals surface area contributed by atoms with Gasteiger partial charge in [0.2, 0.25) is 76.8 Å². The summed E-state index contributed by atoms with van der Waals surface area (Å²) in [6.07, 6.45) is 0.535. The van der Waals surface area contributed by atoms with Gasteiger partial charge in [-0.05, 0) is 129 Å². The number of amides is 13. The third-order valence-corrected chi connectivity index (χ3v) is 21.8. The summed E-state index contributed by atoms with van der Waals surface area (Å²) in [6, 6.07) is -12.8. The second-order valence-corrected chi connectivity index (χ2v) is 32.6. The fourth-order valence-electron chi connectivity index (χ4n) is 14.7. The lowest BCUT2D eigenvalue weighted by atomic mass is 9.99. The lowest BCUT2D eigenvalue weighted by Crippen LogP contribution is -2.63. The van der Waals surface area contributed by atoms with Crippen LogP contribution in [0.4, 0.5) is 0 Å². The number of carbonyl (C=O) groups excluding carboxylic acids is 14. The number of phenolic OH excluding ortho intramolecular Hbond substituents is 1. The van der Waals surface area contributed by atoms with Crippen molar-refractivity contribution in [3.63, 3.8) is 0 Å². The van der Waals surface area contributed by atoms with Crippen molar-refractivity contribution < 1.29 is 112 Å². The average molecular weight is 1760 g/mol. The first-order valence-electron chi connectivity index (χ1n) is 43.5. The van der Waals surface area contributed by atoms with E-state index in [1.54, 1.807) is 13.8 Å². The molecule has 0 aliphatic carbocycles. The Morgan fingerprint density at radius 1 is 0.500 bits per heavy atom. The molecule has 28 N–H and O–H groups in total. The number of hydrogen-bond donors (Lipinski definition) is 22. The number of likely N-dealkylation sites (tertiary alicyclic amines) is 2. The number of aliphatic hydroxyl groups excluding tert-OH is 5. The largest absolute Gasteiger partial charge is 0.508 e. The summed E-state index contributed by atoms with van der Waals surface area (Å²) in [5.41, 5.74) is 35.4. The van der Waals surface area contributed by atoms with E-state index in [0.717, 1.165) is 75.5 Å². The minimum atomic E-state index is -2.13. The van der Waals surface area contributed by atoms with Gasteiger partial charge < -0.3 is 137 Å². The number of ether oxygens (including phenoxy) is 1. The summed E-state index contributed by atoms with van der Waals surface area (Å²) in [5, 5.41) is 95.8. The smallest absolute Gasteiger partial charge is 0.328 e. The van der Waals surface area contributed by atoms with Gasteiger partial charge in [0.1, 0.15) is 78.3 Å². The SMILES string of the molecule is CCCCCCCCCCCCC[C@H](CC(=O)O)OC(=O)[C@H](CCCN(CCN)C(=O)[C@H](CCCN)N(CCN)CCN)NC(=O)[C@@H](NC(=O)CNC(=O)[C@@H](NC(=O)[C@@H]1CCCN1C(=O)[C@@H](NC(=O)[C@@H](NC(=O)[C@@H]1CCCN1C(=O)[C@@H](NC(=O)[C@H](Cc1ccc(O)cc1)NC(=O)[C@@H](C)NC(=O)[C@@H](N)[C@@H](C)O)C(C)C)[C@@H](C)O)[C@@H](C)O)[C@H](O)CC(N)=O)[C@@H](C)O. The molecule has 1 aromatic rings. The molecular formula is C82H143N19O23. The molecule has 18 atom stereocenters. The van der Waals surface area contributed by atoms with Gasteiger partial charge in [-0.3, -0.25) is 72.0 Å². The number of nitrogens with zero attached hydrogens (tertiary/aromatic N) is 4. The minimum Gasteiger partial charge on any atom is -0.508 e. The summed E-state index contributed by atoms with van der Waals surface area (Å²) < 4.78 is 5.84. The molecule has 13 amide bonds. The number of rotatable bonds is 61. The zero-order valence-electron chi connectivity index (χ0n) is 73.2. The van der Waals surface area contributed by atoms with Gasteiger partial charge in [-0.15, -0.1) is 0 Å². The first kappa shape index (κ1) is 109. The van der Waals surface area contributed by atoms with Crippen LogP contribution in [0.2, 0.25) is 0 Å². The summed E-state index contributed by atoms with van der Waals surface area (Å²) in [5.74, 6) is -16.0. The Morgan fingerprint density at radius 3 is 1.50 bits per heavy atom. The number of aliphatic carboxylic acids is 1. The Balaban J connectivity index is 1.85. The van der Waals surface area contributed by atoms with Crippen molar-refractivity contribution in [3.8, 4) is 5.75 Å². The molecule has 0 unspecified atom stereocenters. The van der Waals surface area contributed by atoms with E-state index in [9.17, 15) is 108 Å². The van der Waals surface area contributed by atoms with E-state index in [-0.39, 0.29) is 115 Å². The predicted molar refractivity (Wildman–Crippen MR) is 455 cm³/mol. The maximum atomic E-state index is 14.6. The van der Waals surface area contributed by atoms with Crippen molar-refractivity contribution in [2.45, 2.75) is 312 Å². The maximum Gasteiger partial charge on any atom is 0.328 e. The number of aliphatic hydroxyl groups is 5. The van der Waals surface area contributed by atoms with Crippen molar-refractivity contribution in [1.29, 1.82) is 0 Å². The Labute approximate surface area is 725 Å². The van der Waals surface area contributed by atoms with Crippen molar-refractivity contribution in [3.05, 3.63) is 29.8 Å². The molecule has 124 heavy (non-hydrogen) atoms. The normalized spacial score (nSPS) is 17.8. The van der Waals surface area contributed by atoms with Crippen molar-refractivity contribution >= 4 is 88.7 Å². The highest BCUT2D eigenvalue weighted by Gasteiger charge is 2.46. The summed E-state index contributed by atoms with van der Waals surface area (Å²) >= 11 is 0. The summed E-state index contributed by atoms with van der Waals surface area (Å²) in [6.45, 7) is 11.4. The molecule has 2 fully saturated rings. The highest BCUT2D eigenvalue weighted by molar-refractivity contribution is 6.00. The van der Waals surface area contributed by atoms with Crippen LogP contribution in [0.5, 0.6) is 5.75 Å². The highest BCUT2D eigenvalue weighted by Crippen LogP contribution is 2.25. The molecule has 42 heteroatoms. The number of carbonyl (C=O) groups is 15. The van der Waals surface area contributed by atoms with Gasteiger partial charge in [0.15, 0.2) is 0 Å². The second kappa shape index (κ2) is 57.3. The molecule has 1 aromatic carbocycles. The Hall–Kier alpha value is -9.37. The van der Waals surface area contributed by atoms with E-state index in [2.05, 4.69) is 54.8 Å². The minimum absolute atomic E-state index is 0.00809. The number of primary amides is 1. The molecule has 42 nitrogen and oxygen atoms in total. The molecule has 2 saturated heterocycles. The van der Waals surface area contributed by atoms with Gasteiger partial charge in [-0.1, -0.05) is 97.1 Å². The standard InChI is InChI=1S/C82H143N19O23/c1-9-10-11-12-13-14-15-16-17-18-19-24-55(44-64(110)111)124-82(123)56(25-21-37-99(42-36-86)79(120)60(26-20-33-83)98(40-34-84)41-35-85)91-77(118)67(50(6)103)93-63(109)46-89-76(117)70(61(107)45-62(87)108)97-74(115)59-28-23-39-101(59)81(122)69(52(8)105)96-78(119)68(51(7)104)95-73(114)58-27-22-38-100(58)80(121)66(47(2)3)94-72(113)57(43-53-29-31-54(106)32-30-53)92-71(112)48(4)90-75(116)65(88)49(5)102/h29-32,47-52,55-61,65-70,102-107H,9-28,33-46,83-86,88H2,1-8H3,(H2,87,108)(H,89,117)(H,90,116)(H,91,118)(H,92,112)(H,93,109)(H,94,113)(H,95,114)(H,96,119)(H,97,115)(H,110,111)/t48-,49-,50-,51-,52-,55-,56+,57+,58+,59+,60+,61-,65+,66+,67+,68+,69+,70+/m1/s1. The fraction of sp³-hybridized carbons (Fsp3) is 0.744. The van der Waals surface area contributed by atoms with Crippen LogP contribution in [0.25, 0.3) is 0 Å². The number of nitrogens with two attached hydrogens (primary N) is 6. The number of benzene rings is 1. The molecule has 704 valence electrons. The van der Waals surface area contributed by atoms with Gasteiger partial charge in [-0.25, -0.2) is 4.79 Å². The lowest BCUT2D eigenvalue weighted by molar-refractivity contribution is -0.157. The number of aromatic hydroxyl groups is 1. The van der Waals surface area contributed by atoms with Crippen LogP contribution >= 0.6 is 0 Å². The molecule has 0 radical (unpaired) electrons. The summed E-state index contributed by atoms with van der Waals surface area (Å²) in [7, 11) is 0. The molecule has 0 bridgehead atoms. The highest BCUT2D eigenvalue weighted by atomic mass is 16.5. The van der Waals surface area contributed by atoms with Gasteiger partial charge in [0.25, 0.3) is 0 Å². The zero-order chi connectivity index (χ0) is 93.0. The Bertz CT molecular complexity index is 3560. The Morgan fingerprint density at radius 2 is 1.00 bits per heavy atom. The third-order valence-electron chi connectivity index (χ3n) is 21.8. The number of carboxylic acid groups (broad SMARTS) is 1. The lowest BCUT2D eigenvalue weighted by Gasteiger charge is -2.34. The van der Waals surface area contributed by atoms with E-state index in [0.29, 0.717) is 37.9 Å². The van der Waals surface area contributed by atoms with Crippen LogP contribution in [0.3, 0.4) is 0 Å². The number of carboxylic acids is 1. The first-order chi connectivity index (χ1) is 58.7. The van der Waals surface area contributed by atoms with E-state index in [4.69, 9.17) is 39.1 Å². The number of esters is 1. The average Bonchev–Trinajstić information content (AvgIpc) is 1.64. The number of phenols is 1. The first-order valence-corrected chi connectivity index (χ1v) is 43.5. The van der Waals surface area contributed by atoms with Crippen molar-refractivity contribution in [1.82, 2.24) is 67.5 Å². The second-order valence-electron chi connectivity index (χ2n) is 32.6. The third kappa shape index (κ3) is 37.4. The van der Waals surface area contributed by atoms with E-state index in [1.165, 1.54) is 62.3 Å². The van der Waals surface area contributed by atoms with Crippen LogP contribution in [0.1, 0.15) is 202 Å². The molecule has 0 saturated carbocycles. The van der Waals surface area contributed by atoms with E-state index in [1.807, 2.05) is 4.90 Å². The van der Waals surface area contributed by atoms with Gasteiger partial charge in [0.05, 0.1) is 55.9 Å². The van der Waals surface area contributed by atoms with Gasteiger partial charge in [-0.2, -0.15) is 0 Å². The monoisotopic (exact) mass is 1760 g/mol. The van der Waals surface area contributed by atoms with E-state index < -0.39 is 217 Å². The molecule has 3 rings (SSSR count). The maximum absolute atomic E-state index is 14.6. The van der Waals surface area contributed by atoms with Crippen molar-refractivity contribution in [2.75, 3.05) is 72.0 Å².